The summed E-state index contributed by atoms with van der Waals surface area (Å²) in [4.78, 5) is 11.1. The van der Waals surface area contributed by atoms with E-state index in [1.54, 1.807) is 13.4 Å². The van der Waals surface area contributed by atoms with Gasteiger partial charge < -0.3 is 24.4 Å². The molecule has 2 aromatic rings. The first-order valence-electron chi connectivity index (χ1n) is 9.48. The van der Waals surface area contributed by atoms with Crippen LogP contribution in [0.5, 0.6) is 5.75 Å². The number of rotatable bonds is 6. The zero-order valence-electron chi connectivity index (χ0n) is 15.7. The first-order chi connectivity index (χ1) is 13.3. The van der Waals surface area contributed by atoms with Crippen molar-refractivity contribution >= 4 is 11.6 Å². The van der Waals surface area contributed by atoms with E-state index in [2.05, 4.69) is 32.3 Å². The maximum atomic E-state index is 5.80. The zero-order chi connectivity index (χ0) is 18.5. The summed E-state index contributed by atoms with van der Waals surface area (Å²) in [5.41, 5.74) is 1.23. The molecule has 2 aliphatic heterocycles. The molecule has 7 nitrogen and oxygen atoms in total. The third-order valence-electron chi connectivity index (χ3n) is 5.17. The molecule has 1 N–H and O–H groups in total. The van der Waals surface area contributed by atoms with E-state index in [0.717, 1.165) is 56.3 Å². The molecule has 0 saturated carbocycles. The van der Waals surface area contributed by atoms with E-state index in [1.807, 2.05) is 18.2 Å². The standard InChI is InChI=1S/C20H26N4O3/c1-25-17-4-2-3-16(13-17)5-8-21-18-14-19(23-15-22-18)24-9-6-20(7-10-24)26-11-12-27-20/h2-4,13-15H,5-12H2,1H3,(H,21,22,23). The Morgan fingerprint density at radius 1 is 1.15 bits per heavy atom. The predicted molar refractivity (Wildman–Crippen MR) is 103 cm³/mol. The second-order valence-electron chi connectivity index (χ2n) is 6.88. The lowest BCUT2D eigenvalue weighted by Gasteiger charge is -2.38. The first-order valence-corrected chi connectivity index (χ1v) is 9.48. The lowest BCUT2D eigenvalue weighted by Crippen LogP contribution is -2.45. The van der Waals surface area contributed by atoms with E-state index in [-0.39, 0.29) is 5.79 Å². The van der Waals surface area contributed by atoms with Crippen molar-refractivity contribution in [2.75, 3.05) is 50.2 Å². The van der Waals surface area contributed by atoms with Gasteiger partial charge in [0.2, 0.25) is 0 Å². The molecule has 0 radical (unpaired) electrons. The third kappa shape index (κ3) is 4.31. The summed E-state index contributed by atoms with van der Waals surface area (Å²) in [6.45, 7) is 3.96. The van der Waals surface area contributed by atoms with Crippen LogP contribution in [0.4, 0.5) is 11.6 Å². The second-order valence-corrected chi connectivity index (χ2v) is 6.88. The Balaban J connectivity index is 1.31. The molecule has 1 aromatic heterocycles. The first kappa shape index (κ1) is 18.0. The summed E-state index contributed by atoms with van der Waals surface area (Å²) in [6, 6.07) is 10.1. The molecule has 2 saturated heterocycles. The van der Waals surface area contributed by atoms with Gasteiger partial charge in [-0.2, -0.15) is 0 Å². The van der Waals surface area contributed by atoms with Crippen LogP contribution in [0.15, 0.2) is 36.7 Å². The van der Waals surface area contributed by atoms with Gasteiger partial charge in [-0.25, -0.2) is 9.97 Å². The molecular formula is C20H26N4O3. The highest BCUT2D eigenvalue weighted by atomic mass is 16.7. The van der Waals surface area contributed by atoms with Crippen molar-refractivity contribution in [2.45, 2.75) is 25.0 Å². The van der Waals surface area contributed by atoms with Crippen LogP contribution < -0.4 is 15.0 Å². The third-order valence-corrected chi connectivity index (χ3v) is 5.17. The van der Waals surface area contributed by atoms with Crippen molar-refractivity contribution in [1.82, 2.24) is 9.97 Å². The topological polar surface area (TPSA) is 68.7 Å². The van der Waals surface area contributed by atoms with Crippen LogP contribution in [-0.2, 0) is 15.9 Å². The largest absolute Gasteiger partial charge is 0.497 e. The van der Waals surface area contributed by atoms with Gasteiger partial charge in [-0.3, -0.25) is 0 Å². The lowest BCUT2D eigenvalue weighted by molar-refractivity contribution is -0.169. The average molecular weight is 370 g/mol. The minimum absolute atomic E-state index is 0.360. The van der Waals surface area contributed by atoms with Crippen molar-refractivity contribution in [3.63, 3.8) is 0 Å². The number of anilines is 2. The lowest BCUT2D eigenvalue weighted by atomic mass is 10.0. The molecule has 0 amide bonds. The Morgan fingerprint density at radius 2 is 1.96 bits per heavy atom. The summed E-state index contributed by atoms with van der Waals surface area (Å²) in [5, 5.41) is 3.39. The molecule has 27 heavy (non-hydrogen) atoms. The SMILES string of the molecule is COc1cccc(CCNc2cc(N3CCC4(CC3)OCCO4)ncn2)c1. The molecule has 144 valence electrons. The Morgan fingerprint density at radius 3 is 2.74 bits per heavy atom. The molecule has 1 spiro atoms. The number of nitrogens with zero attached hydrogens (tertiary/aromatic N) is 3. The van der Waals surface area contributed by atoms with Crippen molar-refractivity contribution in [3.8, 4) is 5.75 Å². The Hall–Kier alpha value is -2.38. The summed E-state index contributed by atoms with van der Waals surface area (Å²) in [5.74, 6) is 2.31. The number of piperidine rings is 1. The second kappa shape index (κ2) is 8.10. The molecule has 7 heteroatoms. The molecule has 1 aromatic carbocycles. The number of hydrogen-bond acceptors (Lipinski definition) is 7. The summed E-state index contributed by atoms with van der Waals surface area (Å²) < 4.78 is 16.9. The van der Waals surface area contributed by atoms with Gasteiger partial charge in [-0.1, -0.05) is 12.1 Å². The van der Waals surface area contributed by atoms with Gasteiger partial charge in [0.05, 0.1) is 20.3 Å². The van der Waals surface area contributed by atoms with E-state index in [1.165, 1.54) is 5.56 Å². The molecule has 4 rings (SSSR count). The smallest absolute Gasteiger partial charge is 0.171 e. The number of ether oxygens (including phenoxy) is 3. The number of aromatic nitrogens is 2. The van der Waals surface area contributed by atoms with E-state index in [0.29, 0.717) is 13.2 Å². The minimum Gasteiger partial charge on any atom is -0.497 e. The fraction of sp³-hybridized carbons (Fsp3) is 0.500. The average Bonchev–Trinajstić information content (AvgIpc) is 3.17. The van der Waals surface area contributed by atoms with Crippen molar-refractivity contribution < 1.29 is 14.2 Å². The molecule has 2 aliphatic rings. The van der Waals surface area contributed by atoms with E-state index >= 15 is 0 Å². The highest BCUT2D eigenvalue weighted by Gasteiger charge is 2.40. The number of nitrogens with one attached hydrogen (secondary N) is 1. The molecule has 3 heterocycles. The number of hydrogen-bond donors (Lipinski definition) is 1. The van der Waals surface area contributed by atoms with Gasteiger partial charge in [0.25, 0.3) is 0 Å². The van der Waals surface area contributed by atoms with Gasteiger partial charge in [0.1, 0.15) is 23.7 Å². The summed E-state index contributed by atoms with van der Waals surface area (Å²) >= 11 is 0. The number of methoxy groups -OCH3 is 1. The van der Waals surface area contributed by atoms with Crippen LogP contribution in [0, 0.1) is 0 Å². The Bertz CT molecular complexity index is 754. The predicted octanol–water partition coefficient (Wildman–Crippen LogP) is 2.48. The van der Waals surface area contributed by atoms with Crippen molar-refractivity contribution in [1.29, 1.82) is 0 Å². The minimum atomic E-state index is -0.360. The Labute approximate surface area is 159 Å². The highest BCUT2D eigenvalue weighted by Crippen LogP contribution is 2.32. The molecule has 2 fully saturated rings. The van der Waals surface area contributed by atoms with Crippen LogP contribution in [0.25, 0.3) is 0 Å². The molecular weight excluding hydrogens is 344 g/mol. The van der Waals surface area contributed by atoms with Gasteiger partial charge in [-0.05, 0) is 24.1 Å². The van der Waals surface area contributed by atoms with Crippen LogP contribution in [-0.4, -0.2) is 55.7 Å². The van der Waals surface area contributed by atoms with Gasteiger partial charge in [-0.15, -0.1) is 0 Å². The maximum absolute atomic E-state index is 5.80. The van der Waals surface area contributed by atoms with Crippen LogP contribution >= 0.6 is 0 Å². The van der Waals surface area contributed by atoms with Crippen molar-refractivity contribution in [2.24, 2.45) is 0 Å². The van der Waals surface area contributed by atoms with Gasteiger partial charge >= 0.3 is 0 Å². The monoisotopic (exact) mass is 370 g/mol. The normalized spacial score (nSPS) is 18.6. The summed E-state index contributed by atoms with van der Waals surface area (Å²) in [7, 11) is 1.69. The fourth-order valence-corrected chi connectivity index (χ4v) is 3.64. The molecule has 0 bridgehead atoms. The van der Waals surface area contributed by atoms with Crippen LogP contribution in [0.2, 0.25) is 0 Å². The van der Waals surface area contributed by atoms with E-state index in [9.17, 15) is 0 Å². The maximum Gasteiger partial charge on any atom is 0.171 e. The van der Waals surface area contributed by atoms with E-state index in [4.69, 9.17) is 14.2 Å². The quantitative estimate of drug-likeness (QED) is 0.838. The van der Waals surface area contributed by atoms with E-state index < -0.39 is 0 Å². The zero-order valence-corrected chi connectivity index (χ0v) is 15.7. The molecule has 0 unspecified atom stereocenters. The van der Waals surface area contributed by atoms with Crippen LogP contribution in [0.1, 0.15) is 18.4 Å². The summed E-state index contributed by atoms with van der Waals surface area (Å²) in [6.07, 6.45) is 4.26. The molecule has 0 aliphatic carbocycles. The fourth-order valence-electron chi connectivity index (χ4n) is 3.64. The van der Waals surface area contributed by atoms with Gasteiger partial charge in [0, 0.05) is 38.5 Å². The van der Waals surface area contributed by atoms with Crippen LogP contribution in [0.3, 0.4) is 0 Å². The highest BCUT2D eigenvalue weighted by molar-refractivity contribution is 5.49. The van der Waals surface area contributed by atoms with Gasteiger partial charge in [0.15, 0.2) is 5.79 Å². The van der Waals surface area contributed by atoms with Crippen molar-refractivity contribution in [3.05, 3.63) is 42.2 Å². The molecule has 0 atom stereocenters. The Kier molecular flexibility index (Phi) is 5.40. The number of benzene rings is 1.